The van der Waals surface area contributed by atoms with Crippen LogP contribution < -0.4 is 0 Å². The highest BCUT2D eigenvalue weighted by Gasteiger charge is 2.23. The van der Waals surface area contributed by atoms with E-state index in [-0.39, 0.29) is 5.91 Å². The third kappa shape index (κ3) is 4.27. The summed E-state index contributed by atoms with van der Waals surface area (Å²) in [5.74, 6) is 0.574. The number of imidazole rings is 1. The number of aromatic nitrogens is 2. The fraction of sp³-hybridized carbons (Fsp3) is 0.304. The van der Waals surface area contributed by atoms with E-state index < -0.39 is 0 Å². The van der Waals surface area contributed by atoms with Crippen LogP contribution in [0.25, 0.3) is 0 Å². The Kier molecular flexibility index (Phi) is 5.33. The number of carbonyl (C=O) groups excluding carboxylic acids is 1. The first-order valence-electron chi connectivity index (χ1n) is 9.68. The third-order valence-electron chi connectivity index (χ3n) is 5.35. The van der Waals surface area contributed by atoms with Crippen molar-refractivity contribution in [1.29, 1.82) is 0 Å². The van der Waals surface area contributed by atoms with Gasteiger partial charge in [0, 0.05) is 43.5 Å². The molecular formula is C23H25N3O. The first-order chi connectivity index (χ1) is 13.3. The van der Waals surface area contributed by atoms with Crippen LogP contribution >= 0.6 is 0 Å². The van der Waals surface area contributed by atoms with Crippen molar-refractivity contribution in [3.8, 4) is 0 Å². The lowest BCUT2D eigenvalue weighted by molar-refractivity contribution is 0.0754. The average Bonchev–Trinajstić information content (AvgIpc) is 3.10. The lowest BCUT2D eigenvalue weighted by atomic mass is 9.94. The molecule has 138 valence electrons. The Morgan fingerprint density at radius 3 is 2.59 bits per heavy atom. The summed E-state index contributed by atoms with van der Waals surface area (Å²) in [5.41, 5.74) is 3.29. The monoisotopic (exact) mass is 359 g/mol. The smallest absolute Gasteiger partial charge is 0.253 e. The first kappa shape index (κ1) is 17.5. The van der Waals surface area contributed by atoms with E-state index >= 15 is 0 Å². The minimum absolute atomic E-state index is 0.145. The van der Waals surface area contributed by atoms with Crippen LogP contribution in [0.15, 0.2) is 73.3 Å². The summed E-state index contributed by atoms with van der Waals surface area (Å²) in [5, 5.41) is 0. The van der Waals surface area contributed by atoms with Crippen LogP contribution in [0.2, 0.25) is 0 Å². The molecule has 0 saturated carbocycles. The minimum Gasteiger partial charge on any atom is -0.338 e. The van der Waals surface area contributed by atoms with Crippen LogP contribution in [-0.4, -0.2) is 33.4 Å². The van der Waals surface area contributed by atoms with Gasteiger partial charge in [-0.05, 0) is 36.1 Å². The Morgan fingerprint density at radius 2 is 1.85 bits per heavy atom. The normalized spacial score (nSPS) is 17.5. The van der Waals surface area contributed by atoms with Crippen molar-refractivity contribution < 1.29 is 4.79 Å². The number of benzene rings is 2. The van der Waals surface area contributed by atoms with E-state index in [1.807, 2.05) is 39.9 Å². The maximum absolute atomic E-state index is 13.1. The molecule has 4 rings (SSSR count). The van der Waals surface area contributed by atoms with Crippen LogP contribution in [0.5, 0.6) is 0 Å². The summed E-state index contributed by atoms with van der Waals surface area (Å²) < 4.78 is 2.02. The molecule has 0 N–H and O–H groups in total. The molecule has 1 unspecified atom stereocenters. The molecule has 1 fully saturated rings. The molecule has 0 radical (unpaired) electrons. The predicted molar refractivity (Wildman–Crippen MR) is 107 cm³/mol. The highest BCUT2D eigenvalue weighted by atomic mass is 16.2. The molecule has 1 amide bonds. The standard InChI is InChI=1S/C23H25N3O/c27-23(21-11-9-19(10-12-21)16-25-15-13-24-18-25)26-14-5-4-8-22(17-26)20-6-2-1-3-7-20/h1-3,6-7,9-13,15,18,22H,4-5,8,14,16-17H2. The van der Waals surface area contributed by atoms with Crippen LogP contribution in [0, 0.1) is 0 Å². The van der Waals surface area contributed by atoms with Gasteiger partial charge in [-0.2, -0.15) is 0 Å². The number of nitrogens with zero attached hydrogens (tertiary/aromatic N) is 3. The number of carbonyl (C=O) groups is 1. The number of likely N-dealkylation sites (tertiary alicyclic amines) is 1. The van der Waals surface area contributed by atoms with Crippen LogP contribution in [-0.2, 0) is 6.54 Å². The Labute approximate surface area is 160 Å². The third-order valence-corrected chi connectivity index (χ3v) is 5.35. The molecule has 27 heavy (non-hydrogen) atoms. The van der Waals surface area contributed by atoms with E-state index in [1.165, 1.54) is 17.5 Å². The summed E-state index contributed by atoms with van der Waals surface area (Å²) in [6.07, 6.45) is 8.93. The fourth-order valence-electron chi connectivity index (χ4n) is 3.85. The van der Waals surface area contributed by atoms with Gasteiger partial charge >= 0.3 is 0 Å². The molecule has 0 spiro atoms. The molecule has 0 aliphatic carbocycles. The van der Waals surface area contributed by atoms with Gasteiger partial charge in [-0.1, -0.05) is 48.9 Å². The summed E-state index contributed by atoms with van der Waals surface area (Å²) in [4.78, 5) is 19.2. The van der Waals surface area contributed by atoms with Gasteiger partial charge in [0.25, 0.3) is 5.91 Å². The second kappa shape index (κ2) is 8.21. The Bertz CT molecular complexity index is 856. The number of hydrogen-bond donors (Lipinski definition) is 0. The summed E-state index contributed by atoms with van der Waals surface area (Å²) >= 11 is 0. The second-order valence-corrected chi connectivity index (χ2v) is 7.29. The van der Waals surface area contributed by atoms with Crippen molar-refractivity contribution >= 4 is 5.91 Å². The van der Waals surface area contributed by atoms with Crippen LogP contribution in [0.3, 0.4) is 0 Å². The molecule has 0 bridgehead atoms. The van der Waals surface area contributed by atoms with Gasteiger partial charge in [0.2, 0.25) is 0 Å². The van der Waals surface area contributed by atoms with Crippen molar-refractivity contribution in [2.75, 3.05) is 13.1 Å². The highest BCUT2D eigenvalue weighted by Crippen LogP contribution is 2.27. The minimum atomic E-state index is 0.145. The molecule has 2 aromatic carbocycles. The van der Waals surface area contributed by atoms with Gasteiger partial charge in [0.15, 0.2) is 0 Å². The predicted octanol–water partition coefficient (Wildman–Crippen LogP) is 4.34. The van der Waals surface area contributed by atoms with Gasteiger partial charge in [-0.3, -0.25) is 4.79 Å². The second-order valence-electron chi connectivity index (χ2n) is 7.29. The van der Waals surface area contributed by atoms with E-state index in [4.69, 9.17) is 0 Å². The van der Waals surface area contributed by atoms with Crippen molar-refractivity contribution in [3.05, 3.63) is 90.0 Å². The topological polar surface area (TPSA) is 38.1 Å². The average molecular weight is 359 g/mol. The van der Waals surface area contributed by atoms with Crippen LogP contribution in [0.1, 0.15) is 46.7 Å². The first-order valence-corrected chi connectivity index (χ1v) is 9.68. The van der Waals surface area contributed by atoms with E-state index in [2.05, 4.69) is 35.3 Å². The molecule has 1 atom stereocenters. The van der Waals surface area contributed by atoms with Gasteiger partial charge in [-0.25, -0.2) is 4.98 Å². The number of amides is 1. The largest absolute Gasteiger partial charge is 0.338 e. The maximum atomic E-state index is 13.1. The number of rotatable bonds is 4. The SMILES string of the molecule is O=C(c1ccc(Cn2ccnc2)cc1)N1CCCCC(c2ccccc2)C1. The molecule has 2 heterocycles. The Morgan fingerprint density at radius 1 is 1.04 bits per heavy atom. The summed E-state index contributed by atoms with van der Waals surface area (Å²) in [6, 6.07) is 18.6. The maximum Gasteiger partial charge on any atom is 0.253 e. The summed E-state index contributed by atoms with van der Waals surface area (Å²) in [6.45, 7) is 2.42. The Balaban J connectivity index is 1.46. The zero-order chi connectivity index (χ0) is 18.5. The number of hydrogen-bond acceptors (Lipinski definition) is 2. The van der Waals surface area contributed by atoms with Crippen molar-refractivity contribution in [1.82, 2.24) is 14.5 Å². The van der Waals surface area contributed by atoms with Crippen molar-refractivity contribution in [2.45, 2.75) is 31.7 Å². The van der Waals surface area contributed by atoms with E-state index in [0.717, 1.165) is 38.0 Å². The van der Waals surface area contributed by atoms with Gasteiger partial charge in [0.05, 0.1) is 6.33 Å². The van der Waals surface area contributed by atoms with Crippen LogP contribution in [0.4, 0.5) is 0 Å². The Hall–Kier alpha value is -2.88. The molecule has 1 aliphatic rings. The van der Waals surface area contributed by atoms with Crippen molar-refractivity contribution in [2.24, 2.45) is 0 Å². The van der Waals surface area contributed by atoms with E-state index in [0.29, 0.717) is 5.92 Å². The van der Waals surface area contributed by atoms with Gasteiger partial charge in [-0.15, -0.1) is 0 Å². The fourth-order valence-corrected chi connectivity index (χ4v) is 3.85. The molecule has 1 aromatic heterocycles. The highest BCUT2D eigenvalue weighted by molar-refractivity contribution is 5.94. The quantitative estimate of drug-likeness (QED) is 0.695. The molecular weight excluding hydrogens is 334 g/mol. The molecule has 4 nitrogen and oxygen atoms in total. The lowest BCUT2D eigenvalue weighted by Gasteiger charge is -2.25. The van der Waals surface area contributed by atoms with E-state index in [9.17, 15) is 4.79 Å². The van der Waals surface area contributed by atoms with Crippen molar-refractivity contribution in [3.63, 3.8) is 0 Å². The molecule has 1 aliphatic heterocycles. The van der Waals surface area contributed by atoms with Gasteiger partial charge in [0.1, 0.15) is 0 Å². The molecule has 3 aromatic rings. The van der Waals surface area contributed by atoms with E-state index in [1.54, 1.807) is 12.5 Å². The molecule has 1 saturated heterocycles. The summed E-state index contributed by atoms with van der Waals surface area (Å²) in [7, 11) is 0. The zero-order valence-corrected chi connectivity index (χ0v) is 15.5. The zero-order valence-electron chi connectivity index (χ0n) is 15.5. The van der Waals surface area contributed by atoms with Gasteiger partial charge < -0.3 is 9.47 Å². The lowest BCUT2D eigenvalue weighted by Crippen LogP contribution is -2.34. The molecule has 4 heteroatoms.